The van der Waals surface area contributed by atoms with Gasteiger partial charge in [0.05, 0.1) is 10.6 Å². The van der Waals surface area contributed by atoms with Crippen molar-refractivity contribution >= 4 is 11.5 Å². The number of hydrogen-bond acceptors (Lipinski definition) is 4. The van der Waals surface area contributed by atoms with Crippen LogP contribution in [0, 0.1) is 6.92 Å². The Morgan fingerprint density at radius 2 is 1.89 bits per heavy atom. The predicted molar refractivity (Wildman–Crippen MR) is 80.7 cm³/mol. The van der Waals surface area contributed by atoms with Crippen molar-refractivity contribution in [2.75, 3.05) is 7.05 Å². The van der Waals surface area contributed by atoms with Gasteiger partial charge < -0.3 is 5.32 Å². The largest absolute Gasteiger partial charge is 0.312 e. The second kappa shape index (κ2) is 6.26. The number of benzene rings is 1. The summed E-state index contributed by atoms with van der Waals surface area (Å²) in [5.41, 5.74) is 3.76. The van der Waals surface area contributed by atoms with Crippen molar-refractivity contribution in [3.8, 4) is 0 Å². The minimum Gasteiger partial charge on any atom is -0.312 e. The number of aromatic nitrogens is 2. The van der Waals surface area contributed by atoms with Gasteiger partial charge in [0.25, 0.3) is 0 Å². The summed E-state index contributed by atoms with van der Waals surface area (Å²) >= 11 is 1.51. The fraction of sp³-hybridized carbons (Fsp3) is 0.467. The highest BCUT2D eigenvalue weighted by atomic mass is 32.1. The van der Waals surface area contributed by atoms with E-state index in [0.717, 1.165) is 12.1 Å². The lowest BCUT2D eigenvalue weighted by atomic mass is 10.00. The Bertz CT molecular complexity index is 516. The average Bonchev–Trinajstić information content (AvgIpc) is 2.87. The molecule has 0 aliphatic heterocycles. The van der Waals surface area contributed by atoms with Gasteiger partial charge in [-0.05, 0) is 43.4 Å². The number of nitrogens with one attached hydrogen (secondary N) is 1. The van der Waals surface area contributed by atoms with E-state index in [1.54, 1.807) is 0 Å². The topological polar surface area (TPSA) is 37.8 Å². The highest BCUT2D eigenvalue weighted by Gasteiger charge is 2.20. The fourth-order valence-corrected chi connectivity index (χ4v) is 3.05. The zero-order chi connectivity index (χ0) is 13.8. The first-order valence-electron chi connectivity index (χ1n) is 6.66. The lowest BCUT2D eigenvalue weighted by molar-refractivity contribution is 0.589. The third kappa shape index (κ3) is 3.39. The van der Waals surface area contributed by atoms with E-state index in [1.165, 1.54) is 27.5 Å². The predicted octanol–water partition coefficient (Wildman–Crippen LogP) is 3.47. The summed E-state index contributed by atoms with van der Waals surface area (Å²) in [6.45, 7) is 6.45. The molecule has 0 spiro atoms. The Hall–Kier alpha value is -1.26. The van der Waals surface area contributed by atoms with Crippen molar-refractivity contribution in [3.63, 3.8) is 0 Å². The Morgan fingerprint density at radius 3 is 2.47 bits per heavy atom. The van der Waals surface area contributed by atoms with E-state index in [4.69, 9.17) is 0 Å². The van der Waals surface area contributed by atoms with Crippen LogP contribution in [0.15, 0.2) is 24.3 Å². The Kier molecular flexibility index (Phi) is 4.66. The first kappa shape index (κ1) is 14.2. The molecule has 0 fully saturated rings. The van der Waals surface area contributed by atoms with Gasteiger partial charge in [0.1, 0.15) is 0 Å². The van der Waals surface area contributed by atoms with E-state index in [0.29, 0.717) is 12.0 Å². The maximum absolute atomic E-state index is 4.27. The van der Waals surface area contributed by atoms with Crippen molar-refractivity contribution in [1.29, 1.82) is 0 Å². The van der Waals surface area contributed by atoms with Gasteiger partial charge in [-0.15, -0.1) is 5.10 Å². The Labute approximate surface area is 119 Å². The van der Waals surface area contributed by atoms with Crippen LogP contribution in [0.5, 0.6) is 0 Å². The number of hydrogen-bond donors (Lipinski definition) is 1. The molecule has 3 nitrogen and oxygen atoms in total. The SMILES string of the molecule is CNC(Cc1ccc(C)cc1)c1snnc1C(C)C. The van der Waals surface area contributed by atoms with Crippen LogP contribution in [0.1, 0.15) is 47.5 Å². The first-order chi connectivity index (χ1) is 9.11. The van der Waals surface area contributed by atoms with Crippen molar-refractivity contribution in [1.82, 2.24) is 14.9 Å². The Morgan fingerprint density at radius 1 is 1.21 bits per heavy atom. The number of nitrogens with zero attached hydrogens (tertiary/aromatic N) is 2. The minimum atomic E-state index is 0.292. The summed E-state index contributed by atoms with van der Waals surface area (Å²) in [7, 11) is 2.00. The summed E-state index contributed by atoms with van der Waals surface area (Å²) in [6, 6.07) is 9.01. The molecule has 1 unspecified atom stereocenters. The minimum absolute atomic E-state index is 0.292. The van der Waals surface area contributed by atoms with E-state index in [2.05, 4.69) is 59.9 Å². The Balaban J connectivity index is 2.20. The number of likely N-dealkylation sites (N-methyl/N-ethyl adjacent to an activating group) is 1. The monoisotopic (exact) mass is 275 g/mol. The zero-order valence-corrected chi connectivity index (χ0v) is 12.8. The van der Waals surface area contributed by atoms with E-state index in [9.17, 15) is 0 Å². The molecule has 19 heavy (non-hydrogen) atoms. The quantitative estimate of drug-likeness (QED) is 0.908. The van der Waals surface area contributed by atoms with Crippen LogP contribution in [0.2, 0.25) is 0 Å². The van der Waals surface area contributed by atoms with Gasteiger partial charge >= 0.3 is 0 Å². The van der Waals surface area contributed by atoms with Crippen LogP contribution in [0.4, 0.5) is 0 Å². The van der Waals surface area contributed by atoms with Crippen molar-refractivity contribution in [2.45, 2.75) is 39.2 Å². The summed E-state index contributed by atoms with van der Waals surface area (Å²) in [4.78, 5) is 1.26. The molecule has 0 aliphatic rings. The number of aryl methyl sites for hydroxylation is 1. The van der Waals surface area contributed by atoms with Gasteiger partial charge in [-0.25, -0.2) is 0 Å². The van der Waals surface area contributed by atoms with Gasteiger partial charge in [-0.3, -0.25) is 0 Å². The maximum atomic E-state index is 4.27. The zero-order valence-electron chi connectivity index (χ0n) is 12.0. The third-order valence-electron chi connectivity index (χ3n) is 3.31. The fourth-order valence-electron chi connectivity index (χ4n) is 2.13. The molecule has 1 atom stereocenters. The lowest BCUT2D eigenvalue weighted by Gasteiger charge is -2.16. The molecule has 1 aromatic carbocycles. The lowest BCUT2D eigenvalue weighted by Crippen LogP contribution is -2.19. The van der Waals surface area contributed by atoms with Crippen LogP contribution >= 0.6 is 11.5 Å². The van der Waals surface area contributed by atoms with E-state index in [1.807, 2.05) is 7.05 Å². The molecule has 0 saturated carbocycles. The van der Waals surface area contributed by atoms with E-state index < -0.39 is 0 Å². The molecule has 4 heteroatoms. The smallest absolute Gasteiger partial charge is 0.0829 e. The summed E-state index contributed by atoms with van der Waals surface area (Å²) in [5.74, 6) is 0.419. The van der Waals surface area contributed by atoms with Gasteiger partial charge in [-0.2, -0.15) is 0 Å². The molecule has 1 heterocycles. The first-order valence-corrected chi connectivity index (χ1v) is 7.44. The number of rotatable bonds is 5. The molecule has 0 bridgehead atoms. The highest BCUT2D eigenvalue weighted by molar-refractivity contribution is 7.05. The standard InChI is InChI=1S/C15H21N3S/c1-10(2)14-15(19-18-17-14)13(16-4)9-12-7-5-11(3)6-8-12/h5-8,10,13,16H,9H2,1-4H3. The second-order valence-corrected chi connectivity index (χ2v) is 5.99. The molecule has 1 aromatic heterocycles. The molecule has 0 aliphatic carbocycles. The van der Waals surface area contributed by atoms with Gasteiger partial charge in [0.15, 0.2) is 0 Å². The van der Waals surface area contributed by atoms with Crippen LogP contribution in [0.25, 0.3) is 0 Å². The molecule has 1 N–H and O–H groups in total. The van der Waals surface area contributed by atoms with Crippen LogP contribution in [-0.2, 0) is 6.42 Å². The molecule has 0 saturated heterocycles. The van der Waals surface area contributed by atoms with Crippen LogP contribution < -0.4 is 5.32 Å². The van der Waals surface area contributed by atoms with Gasteiger partial charge in [-0.1, -0.05) is 48.2 Å². The van der Waals surface area contributed by atoms with E-state index in [-0.39, 0.29) is 0 Å². The van der Waals surface area contributed by atoms with Crippen LogP contribution in [0.3, 0.4) is 0 Å². The summed E-state index contributed by atoms with van der Waals surface area (Å²) in [6.07, 6.45) is 0.973. The molecule has 2 rings (SSSR count). The average molecular weight is 275 g/mol. The van der Waals surface area contributed by atoms with Gasteiger partial charge in [0, 0.05) is 6.04 Å². The normalized spacial score (nSPS) is 12.9. The summed E-state index contributed by atoms with van der Waals surface area (Å²) in [5, 5.41) is 7.66. The van der Waals surface area contributed by atoms with E-state index >= 15 is 0 Å². The third-order valence-corrected chi connectivity index (χ3v) is 4.17. The molecular weight excluding hydrogens is 254 g/mol. The van der Waals surface area contributed by atoms with Crippen molar-refractivity contribution in [2.24, 2.45) is 0 Å². The molecule has 0 amide bonds. The van der Waals surface area contributed by atoms with Crippen molar-refractivity contribution < 1.29 is 0 Å². The molecule has 2 aromatic rings. The second-order valence-electron chi connectivity index (χ2n) is 5.21. The van der Waals surface area contributed by atoms with Crippen molar-refractivity contribution in [3.05, 3.63) is 46.0 Å². The molecular formula is C15H21N3S. The molecule has 102 valence electrons. The molecule has 0 radical (unpaired) electrons. The summed E-state index contributed by atoms with van der Waals surface area (Å²) < 4.78 is 4.12. The maximum Gasteiger partial charge on any atom is 0.0829 e. The highest BCUT2D eigenvalue weighted by Crippen LogP contribution is 2.28. The van der Waals surface area contributed by atoms with Gasteiger partial charge in [0.2, 0.25) is 0 Å². The van der Waals surface area contributed by atoms with Crippen LogP contribution in [-0.4, -0.2) is 16.6 Å².